The van der Waals surface area contributed by atoms with E-state index in [0.717, 1.165) is 56.5 Å². The first-order valence-corrected chi connectivity index (χ1v) is 9.44. The van der Waals surface area contributed by atoms with E-state index in [-0.39, 0.29) is 17.6 Å². The molecule has 1 aromatic rings. The third kappa shape index (κ3) is 2.90. The normalized spacial score (nSPS) is 24.8. The monoisotopic (exact) mass is 344 g/mol. The maximum Gasteiger partial charge on any atom is 0.169 e. The lowest BCUT2D eigenvalue weighted by atomic mass is 9.58. The minimum atomic E-state index is -0.276. The van der Waals surface area contributed by atoms with Crippen molar-refractivity contribution in [3.05, 3.63) is 16.8 Å². The summed E-state index contributed by atoms with van der Waals surface area (Å²) in [6.07, 6.45) is 3.92. The van der Waals surface area contributed by atoms with Gasteiger partial charge in [0.2, 0.25) is 0 Å². The standard InChI is InChI=1S/C19H28N4O2/c1-4-13-14(12-20)18(22-21-15(13)5-2)23-9-7-19(8-10-23)16(24)11-17(19)25-6-3/h16-17,24H,4-11H2,1-3H3/t16-,17-/m0/s1. The van der Waals surface area contributed by atoms with Gasteiger partial charge < -0.3 is 14.7 Å². The van der Waals surface area contributed by atoms with Gasteiger partial charge in [-0.15, -0.1) is 5.10 Å². The van der Waals surface area contributed by atoms with E-state index in [1.54, 1.807) is 0 Å². The van der Waals surface area contributed by atoms with Crippen molar-refractivity contribution in [3.63, 3.8) is 0 Å². The Labute approximate surface area is 149 Å². The van der Waals surface area contributed by atoms with Crippen LogP contribution in [-0.2, 0) is 17.6 Å². The van der Waals surface area contributed by atoms with Gasteiger partial charge in [-0.2, -0.15) is 10.4 Å². The average Bonchev–Trinajstić information content (AvgIpc) is 2.66. The molecule has 1 aliphatic carbocycles. The molecule has 2 atom stereocenters. The highest BCUT2D eigenvalue weighted by molar-refractivity contribution is 5.58. The highest BCUT2D eigenvalue weighted by atomic mass is 16.5. The lowest BCUT2D eigenvalue weighted by Gasteiger charge is -2.56. The fourth-order valence-electron chi connectivity index (χ4n) is 4.45. The van der Waals surface area contributed by atoms with Crippen molar-refractivity contribution >= 4 is 5.82 Å². The Bertz CT molecular complexity index is 660. The third-order valence-electron chi connectivity index (χ3n) is 6.04. The SMILES string of the molecule is CCO[C@H]1C[C@H](O)C12CCN(c1nnc(CC)c(CC)c1C#N)CC2. The van der Waals surface area contributed by atoms with Crippen LogP contribution in [0.3, 0.4) is 0 Å². The van der Waals surface area contributed by atoms with Crippen molar-refractivity contribution < 1.29 is 9.84 Å². The number of ether oxygens (including phenoxy) is 1. The Balaban J connectivity index is 1.81. The van der Waals surface area contributed by atoms with Crippen LogP contribution in [0.25, 0.3) is 0 Å². The number of nitrogens with zero attached hydrogens (tertiary/aromatic N) is 4. The van der Waals surface area contributed by atoms with E-state index < -0.39 is 0 Å². The molecule has 0 unspecified atom stereocenters. The Morgan fingerprint density at radius 3 is 2.48 bits per heavy atom. The second-order valence-electron chi connectivity index (χ2n) is 7.06. The maximum atomic E-state index is 10.3. The molecule has 1 saturated carbocycles. The Hall–Kier alpha value is -1.71. The first kappa shape index (κ1) is 18.1. The smallest absolute Gasteiger partial charge is 0.169 e. The maximum absolute atomic E-state index is 10.3. The van der Waals surface area contributed by atoms with Crippen molar-refractivity contribution in [2.45, 2.75) is 65.1 Å². The fourth-order valence-corrected chi connectivity index (χ4v) is 4.45. The molecule has 1 N–H and O–H groups in total. The number of aliphatic hydroxyl groups is 1. The van der Waals surface area contributed by atoms with E-state index in [9.17, 15) is 10.4 Å². The first-order valence-electron chi connectivity index (χ1n) is 9.44. The van der Waals surface area contributed by atoms with Crippen LogP contribution in [-0.4, -0.2) is 47.2 Å². The molecule has 1 spiro atoms. The van der Waals surface area contributed by atoms with Gasteiger partial charge in [0.05, 0.1) is 17.9 Å². The van der Waals surface area contributed by atoms with E-state index in [4.69, 9.17) is 4.74 Å². The molecule has 0 amide bonds. The number of aryl methyl sites for hydroxylation is 1. The van der Waals surface area contributed by atoms with Crippen LogP contribution < -0.4 is 4.90 Å². The highest BCUT2D eigenvalue weighted by Gasteiger charge is 2.56. The van der Waals surface area contributed by atoms with Crippen molar-refractivity contribution in [3.8, 4) is 6.07 Å². The summed E-state index contributed by atoms with van der Waals surface area (Å²) in [7, 11) is 0. The van der Waals surface area contributed by atoms with Gasteiger partial charge in [-0.1, -0.05) is 13.8 Å². The quantitative estimate of drug-likeness (QED) is 0.882. The molecule has 6 heteroatoms. The highest BCUT2D eigenvalue weighted by Crippen LogP contribution is 2.51. The zero-order chi connectivity index (χ0) is 18.0. The number of nitriles is 1. The third-order valence-corrected chi connectivity index (χ3v) is 6.04. The van der Waals surface area contributed by atoms with E-state index in [2.05, 4.69) is 28.1 Å². The van der Waals surface area contributed by atoms with Crippen molar-refractivity contribution in [1.82, 2.24) is 10.2 Å². The largest absolute Gasteiger partial charge is 0.392 e. The van der Waals surface area contributed by atoms with Crippen LogP contribution in [0.15, 0.2) is 0 Å². The molecule has 1 aliphatic heterocycles. The Kier molecular flexibility index (Phi) is 5.26. The number of hydrogen-bond donors (Lipinski definition) is 1. The summed E-state index contributed by atoms with van der Waals surface area (Å²) in [5.41, 5.74) is 2.48. The summed E-state index contributed by atoms with van der Waals surface area (Å²) in [5, 5.41) is 28.8. The summed E-state index contributed by atoms with van der Waals surface area (Å²) in [6.45, 7) is 8.34. The zero-order valence-electron chi connectivity index (χ0n) is 15.5. The molecule has 25 heavy (non-hydrogen) atoms. The summed E-state index contributed by atoms with van der Waals surface area (Å²) >= 11 is 0. The van der Waals surface area contributed by atoms with Gasteiger partial charge >= 0.3 is 0 Å². The molecule has 0 bridgehead atoms. The molecule has 2 fully saturated rings. The van der Waals surface area contributed by atoms with Crippen LogP contribution in [0.2, 0.25) is 0 Å². The van der Waals surface area contributed by atoms with Gasteiger partial charge in [-0.3, -0.25) is 0 Å². The van der Waals surface area contributed by atoms with Crippen LogP contribution in [0.1, 0.15) is 56.9 Å². The molecule has 0 radical (unpaired) electrons. The molecule has 1 aromatic heterocycles. The predicted octanol–water partition coefficient (Wildman–Crippen LogP) is 2.23. The molecule has 1 saturated heterocycles. The van der Waals surface area contributed by atoms with Crippen LogP contribution >= 0.6 is 0 Å². The zero-order valence-corrected chi connectivity index (χ0v) is 15.5. The predicted molar refractivity (Wildman–Crippen MR) is 95.4 cm³/mol. The molecule has 2 heterocycles. The van der Waals surface area contributed by atoms with Gasteiger partial charge in [0.25, 0.3) is 0 Å². The van der Waals surface area contributed by atoms with E-state index in [0.29, 0.717) is 18.0 Å². The lowest BCUT2D eigenvalue weighted by Crippen LogP contribution is -2.62. The molecular weight excluding hydrogens is 316 g/mol. The number of hydrogen-bond acceptors (Lipinski definition) is 6. The summed E-state index contributed by atoms with van der Waals surface area (Å²) < 4.78 is 5.84. The van der Waals surface area contributed by atoms with E-state index >= 15 is 0 Å². The molecule has 2 aliphatic rings. The van der Waals surface area contributed by atoms with Gasteiger partial charge in [0, 0.05) is 31.5 Å². The second kappa shape index (κ2) is 7.27. The van der Waals surface area contributed by atoms with E-state index in [1.165, 1.54) is 0 Å². The van der Waals surface area contributed by atoms with Gasteiger partial charge in [-0.25, -0.2) is 0 Å². The van der Waals surface area contributed by atoms with Crippen LogP contribution in [0.4, 0.5) is 5.82 Å². The molecule has 3 rings (SSSR count). The van der Waals surface area contributed by atoms with Gasteiger partial charge in [-0.05, 0) is 38.2 Å². The van der Waals surface area contributed by atoms with Gasteiger partial charge in [0.15, 0.2) is 5.82 Å². The number of piperidine rings is 1. The molecule has 6 nitrogen and oxygen atoms in total. The molecule has 136 valence electrons. The summed E-state index contributed by atoms with van der Waals surface area (Å²) in [4.78, 5) is 2.16. The minimum Gasteiger partial charge on any atom is -0.392 e. The van der Waals surface area contributed by atoms with Gasteiger partial charge in [0.1, 0.15) is 11.6 Å². The second-order valence-corrected chi connectivity index (χ2v) is 7.06. The lowest BCUT2D eigenvalue weighted by molar-refractivity contribution is -0.199. The fraction of sp³-hybridized carbons (Fsp3) is 0.737. The summed E-state index contributed by atoms with van der Waals surface area (Å²) in [5.74, 6) is 0.702. The van der Waals surface area contributed by atoms with E-state index in [1.807, 2.05) is 13.8 Å². The average molecular weight is 344 g/mol. The Morgan fingerprint density at radius 1 is 1.24 bits per heavy atom. The number of aromatic nitrogens is 2. The van der Waals surface area contributed by atoms with Crippen LogP contribution in [0, 0.1) is 16.7 Å². The topological polar surface area (TPSA) is 82.3 Å². The molecular formula is C19H28N4O2. The Morgan fingerprint density at radius 2 is 1.96 bits per heavy atom. The summed E-state index contributed by atoms with van der Waals surface area (Å²) in [6, 6.07) is 2.36. The van der Waals surface area contributed by atoms with Crippen molar-refractivity contribution in [2.24, 2.45) is 5.41 Å². The van der Waals surface area contributed by atoms with Crippen molar-refractivity contribution in [1.29, 1.82) is 5.26 Å². The van der Waals surface area contributed by atoms with Crippen molar-refractivity contribution in [2.75, 3.05) is 24.6 Å². The number of rotatable bonds is 5. The van der Waals surface area contributed by atoms with Crippen LogP contribution in [0.5, 0.6) is 0 Å². The number of aliphatic hydroxyl groups excluding tert-OH is 1. The number of anilines is 1. The minimum absolute atomic E-state index is 0.121. The molecule has 0 aromatic carbocycles. The first-order chi connectivity index (χ1) is 12.1.